The lowest BCUT2D eigenvalue weighted by Crippen LogP contribution is -2.08. The van der Waals surface area contributed by atoms with Gasteiger partial charge in [-0.05, 0) is 12.1 Å². The van der Waals surface area contributed by atoms with Crippen molar-refractivity contribution in [2.24, 2.45) is 0 Å². The third-order valence-electron chi connectivity index (χ3n) is 2.21. The molecule has 2 rings (SSSR count). The number of nitrogens with one attached hydrogen (secondary N) is 1. The number of hydrogen-bond acceptors (Lipinski definition) is 3. The van der Waals surface area contributed by atoms with Gasteiger partial charge in [0.15, 0.2) is 5.15 Å². The van der Waals surface area contributed by atoms with Gasteiger partial charge in [-0.2, -0.15) is 18.3 Å². The summed E-state index contributed by atoms with van der Waals surface area (Å²) in [6, 6.07) is 1.93. The Morgan fingerprint density at radius 3 is 2.60 bits per heavy atom. The predicted octanol–water partition coefficient (Wildman–Crippen LogP) is 3.03. The first-order valence-corrected chi connectivity index (χ1v) is 5.44. The molecular weight excluding hydrogens is 301 g/mol. The Hall–Kier alpha value is -2.29. The van der Waals surface area contributed by atoms with E-state index in [4.69, 9.17) is 16.7 Å². The fourth-order valence-electron chi connectivity index (χ4n) is 1.37. The van der Waals surface area contributed by atoms with Crippen LogP contribution in [-0.2, 0) is 6.18 Å². The van der Waals surface area contributed by atoms with Crippen molar-refractivity contribution < 1.29 is 23.1 Å². The number of carboxylic acid groups (broad SMARTS) is 1. The summed E-state index contributed by atoms with van der Waals surface area (Å²) in [5.74, 6) is 0. The summed E-state index contributed by atoms with van der Waals surface area (Å²) in [5.41, 5.74) is -0.819. The molecule has 0 unspecified atom stereocenters. The maximum absolute atomic E-state index is 12.4. The minimum Gasteiger partial charge on any atom is -0.465 e. The molecule has 0 atom stereocenters. The molecule has 6 nitrogen and oxygen atoms in total. The Morgan fingerprint density at radius 1 is 1.40 bits per heavy atom. The molecule has 0 spiro atoms. The number of alkyl halides is 3. The molecule has 0 saturated carbocycles. The van der Waals surface area contributed by atoms with Gasteiger partial charge in [-0.25, -0.2) is 14.5 Å². The first-order valence-electron chi connectivity index (χ1n) is 5.06. The molecule has 0 fully saturated rings. The molecule has 0 bridgehead atoms. The summed E-state index contributed by atoms with van der Waals surface area (Å²) >= 11 is 5.68. The van der Waals surface area contributed by atoms with Gasteiger partial charge >= 0.3 is 12.3 Å². The number of aromatic nitrogens is 3. The van der Waals surface area contributed by atoms with Crippen molar-refractivity contribution in [1.82, 2.24) is 14.8 Å². The van der Waals surface area contributed by atoms with Crippen LogP contribution in [0.3, 0.4) is 0 Å². The minimum absolute atomic E-state index is 0.0130. The fraction of sp³-hybridized carbons (Fsp3) is 0.100. The fourth-order valence-corrected chi connectivity index (χ4v) is 1.55. The second kappa shape index (κ2) is 5.00. The Balaban J connectivity index is 2.30. The van der Waals surface area contributed by atoms with Crippen molar-refractivity contribution >= 4 is 23.4 Å². The molecule has 0 aliphatic rings. The quantitative estimate of drug-likeness (QED) is 0.893. The third kappa shape index (κ3) is 2.99. The molecule has 0 aliphatic carbocycles. The van der Waals surface area contributed by atoms with Crippen LogP contribution in [0.25, 0.3) is 5.69 Å². The highest BCUT2D eigenvalue weighted by Gasteiger charge is 2.32. The van der Waals surface area contributed by atoms with Crippen molar-refractivity contribution in [3.63, 3.8) is 0 Å². The average Bonchev–Trinajstić information content (AvgIpc) is 2.69. The van der Waals surface area contributed by atoms with Gasteiger partial charge in [-0.3, -0.25) is 5.32 Å². The van der Waals surface area contributed by atoms with E-state index in [1.165, 1.54) is 6.20 Å². The monoisotopic (exact) mass is 306 g/mol. The number of hydrogen-bond donors (Lipinski definition) is 2. The van der Waals surface area contributed by atoms with Crippen molar-refractivity contribution in [2.45, 2.75) is 6.18 Å². The van der Waals surface area contributed by atoms with Crippen LogP contribution in [0.5, 0.6) is 0 Å². The van der Waals surface area contributed by atoms with Gasteiger partial charge in [0.25, 0.3) is 0 Å². The van der Waals surface area contributed by atoms with Crippen molar-refractivity contribution in [2.75, 3.05) is 5.32 Å². The normalized spacial score (nSPS) is 11.4. The number of anilines is 1. The zero-order valence-corrected chi connectivity index (χ0v) is 10.3. The van der Waals surface area contributed by atoms with Crippen LogP contribution in [0.2, 0.25) is 5.15 Å². The predicted molar refractivity (Wildman–Crippen MR) is 63.0 cm³/mol. The Morgan fingerprint density at radius 2 is 2.10 bits per heavy atom. The highest BCUT2D eigenvalue weighted by molar-refractivity contribution is 6.32. The maximum Gasteiger partial charge on any atom is 0.433 e. The zero-order valence-electron chi connectivity index (χ0n) is 9.52. The molecule has 2 aromatic heterocycles. The van der Waals surface area contributed by atoms with Crippen LogP contribution in [0.15, 0.2) is 24.5 Å². The lowest BCUT2D eigenvalue weighted by atomic mass is 10.3. The van der Waals surface area contributed by atoms with Crippen LogP contribution >= 0.6 is 11.6 Å². The first kappa shape index (κ1) is 14.1. The van der Waals surface area contributed by atoms with Crippen LogP contribution in [0, 0.1) is 0 Å². The largest absolute Gasteiger partial charge is 0.465 e. The van der Waals surface area contributed by atoms with E-state index in [1.54, 1.807) is 0 Å². The number of amides is 1. The molecule has 2 N–H and O–H groups in total. The molecule has 10 heteroatoms. The van der Waals surface area contributed by atoms with Crippen molar-refractivity contribution in [3.8, 4) is 5.69 Å². The first-order chi connectivity index (χ1) is 9.27. The van der Waals surface area contributed by atoms with E-state index in [9.17, 15) is 18.0 Å². The SMILES string of the molecule is O=C(O)Nc1cn(-c2ccc(C(F)(F)F)nc2)nc1Cl. The van der Waals surface area contributed by atoms with E-state index in [2.05, 4.69) is 10.1 Å². The van der Waals surface area contributed by atoms with Crippen molar-refractivity contribution in [3.05, 3.63) is 35.4 Å². The summed E-state index contributed by atoms with van der Waals surface area (Å²) in [4.78, 5) is 13.7. The third-order valence-corrected chi connectivity index (χ3v) is 2.49. The molecule has 0 aliphatic heterocycles. The summed E-state index contributed by atoms with van der Waals surface area (Å²) in [7, 11) is 0. The van der Waals surface area contributed by atoms with Crippen LogP contribution in [-0.4, -0.2) is 26.0 Å². The molecule has 1 amide bonds. The number of halogens is 4. The highest BCUT2D eigenvalue weighted by Crippen LogP contribution is 2.28. The van der Waals surface area contributed by atoms with E-state index >= 15 is 0 Å². The Bertz CT molecular complexity index is 639. The van der Waals surface area contributed by atoms with Gasteiger partial charge in [-0.15, -0.1) is 0 Å². The summed E-state index contributed by atoms with van der Waals surface area (Å²) < 4.78 is 38.2. The van der Waals surface area contributed by atoms with Gasteiger partial charge in [-0.1, -0.05) is 11.6 Å². The topological polar surface area (TPSA) is 80.0 Å². The average molecular weight is 307 g/mol. The highest BCUT2D eigenvalue weighted by atomic mass is 35.5. The standard InChI is InChI=1S/C10H6ClF3N4O2/c11-8-6(16-9(19)20)4-18(17-8)5-1-2-7(15-3-5)10(12,13)14/h1-4,16H,(H,19,20). The molecule has 0 saturated heterocycles. The summed E-state index contributed by atoms with van der Waals surface area (Å²) in [5, 5.41) is 14.2. The number of rotatable bonds is 2. The van der Waals surface area contributed by atoms with E-state index < -0.39 is 18.0 Å². The van der Waals surface area contributed by atoms with E-state index in [-0.39, 0.29) is 16.5 Å². The van der Waals surface area contributed by atoms with E-state index in [0.717, 1.165) is 23.0 Å². The number of carbonyl (C=O) groups is 1. The molecule has 0 radical (unpaired) electrons. The minimum atomic E-state index is -4.53. The molecule has 20 heavy (non-hydrogen) atoms. The van der Waals surface area contributed by atoms with Gasteiger partial charge < -0.3 is 5.11 Å². The van der Waals surface area contributed by atoms with Gasteiger partial charge in [0, 0.05) is 0 Å². The van der Waals surface area contributed by atoms with Gasteiger partial charge in [0.2, 0.25) is 0 Å². The second-order valence-corrected chi connectivity index (χ2v) is 3.97. The lowest BCUT2D eigenvalue weighted by Gasteiger charge is -2.06. The van der Waals surface area contributed by atoms with Crippen LogP contribution < -0.4 is 5.32 Å². The van der Waals surface area contributed by atoms with Gasteiger partial charge in [0.05, 0.1) is 18.1 Å². The Labute approximate surface area is 114 Å². The number of nitrogens with zero attached hydrogens (tertiary/aromatic N) is 3. The molecular formula is C10H6ClF3N4O2. The Kier molecular flexibility index (Phi) is 3.53. The van der Waals surface area contributed by atoms with Crippen LogP contribution in [0.1, 0.15) is 5.69 Å². The molecule has 2 aromatic rings. The maximum atomic E-state index is 12.4. The lowest BCUT2D eigenvalue weighted by molar-refractivity contribution is -0.141. The summed E-state index contributed by atoms with van der Waals surface area (Å²) in [6.45, 7) is 0. The van der Waals surface area contributed by atoms with Crippen molar-refractivity contribution in [1.29, 1.82) is 0 Å². The number of pyridine rings is 1. The molecule has 106 valence electrons. The van der Waals surface area contributed by atoms with Gasteiger partial charge in [0.1, 0.15) is 11.4 Å². The zero-order chi connectivity index (χ0) is 14.9. The van der Waals surface area contributed by atoms with Crippen LogP contribution in [0.4, 0.5) is 23.7 Å². The van der Waals surface area contributed by atoms with E-state index in [0.29, 0.717) is 0 Å². The smallest absolute Gasteiger partial charge is 0.433 e. The molecule has 2 heterocycles. The van der Waals surface area contributed by atoms with E-state index in [1.807, 2.05) is 5.32 Å². The molecule has 0 aromatic carbocycles. The second-order valence-electron chi connectivity index (χ2n) is 3.61. The summed E-state index contributed by atoms with van der Waals surface area (Å²) in [6.07, 6.45) is -3.69.